The monoisotopic (exact) mass is 298 g/mol. The molecule has 2 rings (SSSR count). The average molecular weight is 298 g/mol. The van der Waals surface area contributed by atoms with Crippen molar-refractivity contribution in [3.8, 4) is 5.75 Å². The Morgan fingerprint density at radius 1 is 1.14 bits per heavy atom. The molecule has 0 heterocycles. The summed E-state index contributed by atoms with van der Waals surface area (Å²) >= 11 is 0. The summed E-state index contributed by atoms with van der Waals surface area (Å²) in [7, 11) is 1.54. The van der Waals surface area contributed by atoms with Gasteiger partial charge in [-0.1, -0.05) is 44.2 Å². The van der Waals surface area contributed by atoms with E-state index in [9.17, 15) is 13.2 Å². The largest absolute Gasteiger partial charge is 0.497 e. The third-order valence-corrected chi connectivity index (χ3v) is 4.05. The van der Waals surface area contributed by atoms with Gasteiger partial charge in [0, 0.05) is 5.57 Å². The van der Waals surface area contributed by atoms with E-state index in [1.807, 2.05) is 0 Å². The second-order valence-corrected chi connectivity index (χ2v) is 5.65. The molecule has 21 heavy (non-hydrogen) atoms. The minimum absolute atomic E-state index is 0.134. The summed E-state index contributed by atoms with van der Waals surface area (Å²) in [5.41, 5.74) is 0.151. The number of rotatable bonds is 4. The van der Waals surface area contributed by atoms with Crippen LogP contribution in [0.4, 0.5) is 13.2 Å². The zero-order chi connectivity index (χ0) is 15.3. The van der Waals surface area contributed by atoms with Crippen molar-refractivity contribution in [1.29, 1.82) is 0 Å². The Labute approximate surface area is 123 Å². The van der Waals surface area contributed by atoms with Gasteiger partial charge < -0.3 is 4.74 Å². The average Bonchev–Trinajstić information content (AvgIpc) is 2.47. The third-order valence-electron chi connectivity index (χ3n) is 4.05. The normalized spacial score (nSPS) is 17.8. The number of halogens is 3. The summed E-state index contributed by atoms with van der Waals surface area (Å²) in [5, 5.41) is 0. The quantitative estimate of drug-likeness (QED) is 0.702. The van der Waals surface area contributed by atoms with Crippen molar-refractivity contribution in [2.24, 2.45) is 5.92 Å². The van der Waals surface area contributed by atoms with Gasteiger partial charge in [-0.2, -0.15) is 13.2 Å². The van der Waals surface area contributed by atoms with Crippen molar-refractivity contribution in [2.75, 3.05) is 7.11 Å². The van der Waals surface area contributed by atoms with Crippen LogP contribution in [-0.2, 0) is 0 Å². The van der Waals surface area contributed by atoms with Gasteiger partial charge in [0.25, 0.3) is 0 Å². The number of alkyl halides is 3. The van der Waals surface area contributed by atoms with Gasteiger partial charge in [-0.3, -0.25) is 0 Å². The minimum Gasteiger partial charge on any atom is -0.497 e. The topological polar surface area (TPSA) is 9.23 Å². The van der Waals surface area contributed by atoms with Crippen LogP contribution in [0.5, 0.6) is 5.75 Å². The second-order valence-electron chi connectivity index (χ2n) is 5.65. The summed E-state index contributed by atoms with van der Waals surface area (Å²) in [6.07, 6.45) is 2.24. The number of ether oxygens (including phenoxy) is 1. The first-order valence-corrected chi connectivity index (χ1v) is 7.41. The zero-order valence-electron chi connectivity index (χ0n) is 12.2. The molecule has 1 fully saturated rings. The van der Waals surface area contributed by atoms with Gasteiger partial charge in [0.2, 0.25) is 0 Å². The fraction of sp³-hybridized carbons (Fsp3) is 0.529. The number of hydrogen-bond donors (Lipinski definition) is 0. The minimum atomic E-state index is -4.25. The maximum Gasteiger partial charge on any atom is 0.412 e. The summed E-state index contributed by atoms with van der Waals surface area (Å²) in [5.74, 6) is 0.817. The fourth-order valence-electron chi connectivity index (χ4n) is 2.86. The van der Waals surface area contributed by atoms with E-state index < -0.39 is 11.7 Å². The van der Waals surface area contributed by atoms with Crippen molar-refractivity contribution in [3.63, 3.8) is 0 Å². The molecule has 1 aromatic carbocycles. The van der Waals surface area contributed by atoms with Crippen LogP contribution in [0.2, 0.25) is 0 Å². The third kappa shape index (κ3) is 4.80. The van der Waals surface area contributed by atoms with E-state index in [1.54, 1.807) is 24.3 Å². The van der Waals surface area contributed by atoms with E-state index in [2.05, 4.69) is 0 Å². The molecule has 0 aliphatic heterocycles. The predicted octanol–water partition coefficient (Wildman–Crippen LogP) is 5.61. The molecule has 0 bridgehead atoms. The highest BCUT2D eigenvalue weighted by molar-refractivity contribution is 5.55. The lowest BCUT2D eigenvalue weighted by atomic mass is 9.84. The summed E-state index contributed by atoms with van der Waals surface area (Å²) < 4.78 is 44.7. The smallest absolute Gasteiger partial charge is 0.412 e. The van der Waals surface area contributed by atoms with Crippen molar-refractivity contribution in [3.05, 3.63) is 35.4 Å². The Morgan fingerprint density at radius 2 is 1.76 bits per heavy atom. The first-order valence-electron chi connectivity index (χ1n) is 7.41. The van der Waals surface area contributed by atoms with Crippen molar-refractivity contribution < 1.29 is 17.9 Å². The number of hydrogen-bond acceptors (Lipinski definition) is 1. The van der Waals surface area contributed by atoms with Gasteiger partial charge in [-0.15, -0.1) is 0 Å². The molecule has 0 spiro atoms. The fourth-order valence-corrected chi connectivity index (χ4v) is 2.86. The Hall–Kier alpha value is -1.45. The molecule has 0 unspecified atom stereocenters. The molecular formula is C17H21F3O. The Morgan fingerprint density at radius 3 is 2.29 bits per heavy atom. The van der Waals surface area contributed by atoms with E-state index in [0.29, 0.717) is 11.3 Å². The number of methoxy groups -OCH3 is 1. The van der Waals surface area contributed by atoms with Crippen LogP contribution in [0.15, 0.2) is 29.8 Å². The SMILES string of the molecule is COc1ccc(C=C(CC2CCCCC2)C(F)(F)F)cc1. The Bertz CT molecular complexity index is 468. The van der Waals surface area contributed by atoms with E-state index in [1.165, 1.54) is 13.2 Å². The molecule has 0 atom stereocenters. The first-order chi connectivity index (χ1) is 9.99. The van der Waals surface area contributed by atoms with Gasteiger partial charge in [0.15, 0.2) is 0 Å². The molecule has 0 amide bonds. The lowest BCUT2D eigenvalue weighted by molar-refractivity contribution is -0.0946. The molecule has 0 aromatic heterocycles. The molecule has 4 heteroatoms. The molecule has 116 valence electrons. The highest BCUT2D eigenvalue weighted by Gasteiger charge is 2.34. The lowest BCUT2D eigenvalue weighted by Gasteiger charge is -2.23. The first kappa shape index (κ1) is 15.9. The Balaban J connectivity index is 2.15. The van der Waals surface area contributed by atoms with E-state index in [4.69, 9.17) is 4.74 Å². The molecule has 1 aliphatic carbocycles. The summed E-state index contributed by atoms with van der Waals surface area (Å²) in [6, 6.07) is 6.68. The molecule has 1 saturated carbocycles. The standard InChI is InChI=1S/C17H21F3O/c1-21-16-9-7-14(8-10-16)12-15(17(18,19)20)11-13-5-3-2-4-6-13/h7-10,12-13H,2-6,11H2,1H3. The van der Waals surface area contributed by atoms with Crippen molar-refractivity contribution >= 4 is 6.08 Å². The molecular weight excluding hydrogens is 277 g/mol. The van der Waals surface area contributed by atoms with Crippen molar-refractivity contribution in [2.45, 2.75) is 44.7 Å². The van der Waals surface area contributed by atoms with Crippen LogP contribution in [0.1, 0.15) is 44.1 Å². The number of allylic oxidation sites excluding steroid dienone is 1. The highest BCUT2D eigenvalue weighted by atomic mass is 19.4. The molecule has 1 aromatic rings. The van der Waals surface area contributed by atoms with Gasteiger partial charge in [-0.25, -0.2) is 0 Å². The maximum atomic E-state index is 13.2. The number of benzene rings is 1. The zero-order valence-corrected chi connectivity index (χ0v) is 12.2. The van der Waals surface area contributed by atoms with Crippen LogP contribution >= 0.6 is 0 Å². The van der Waals surface area contributed by atoms with Crippen LogP contribution in [-0.4, -0.2) is 13.3 Å². The molecule has 0 saturated heterocycles. The molecule has 0 N–H and O–H groups in total. The Kier molecular flexibility index (Phi) is 5.32. The highest BCUT2D eigenvalue weighted by Crippen LogP contribution is 2.37. The van der Waals surface area contributed by atoms with E-state index in [0.717, 1.165) is 32.1 Å². The van der Waals surface area contributed by atoms with Crippen LogP contribution in [0.3, 0.4) is 0 Å². The summed E-state index contributed by atoms with van der Waals surface area (Å²) in [6.45, 7) is 0. The van der Waals surface area contributed by atoms with Gasteiger partial charge in [0.1, 0.15) is 5.75 Å². The summed E-state index contributed by atoms with van der Waals surface area (Å²) in [4.78, 5) is 0. The van der Waals surface area contributed by atoms with E-state index in [-0.39, 0.29) is 12.3 Å². The molecule has 0 radical (unpaired) electrons. The second kappa shape index (κ2) is 7.01. The van der Waals surface area contributed by atoms with Gasteiger partial charge in [0.05, 0.1) is 7.11 Å². The van der Waals surface area contributed by atoms with Crippen LogP contribution in [0, 0.1) is 5.92 Å². The van der Waals surface area contributed by atoms with Crippen LogP contribution < -0.4 is 4.74 Å². The van der Waals surface area contributed by atoms with Gasteiger partial charge in [-0.05, 0) is 36.1 Å². The lowest BCUT2D eigenvalue weighted by Crippen LogP contribution is -2.17. The molecule has 1 nitrogen and oxygen atoms in total. The van der Waals surface area contributed by atoms with Gasteiger partial charge >= 0.3 is 6.18 Å². The maximum absolute atomic E-state index is 13.2. The van der Waals surface area contributed by atoms with Crippen LogP contribution in [0.25, 0.3) is 6.08 Å². The van der Waals surface area contributed by atoms with E-state index >= 15 is 0 Å². The molecule has 1 aliphatic rings. The predicted molar refractivity (Wildman–Crippen MR) is 78.2 cm³/mol. The van der Waals surface area contributed by atoms with Crippen molar-refractivity contribution in [1.82, 2.24) is 0 Å².